The third-order valence-electron chi connectivity index (χ3n) is 4.61. The summed E-state index contributed by atoms with van der Waals surface area (Å²) in [6, 6.07) is 7.99. The van der Waals surface area contributed by atoms with Gasteiger partial charge in [0.15, 0.2) is 16.3 Å². The summed E-state index contributed by atoms with van der Waals surface area (Å²) in [6.07, 6.45) is 2.07. The first-order chi connectivity index (χ1) is 12.8. The van der Waals surface area contributed by atoms with Gasteiger partial charge in [-0.15, -0.1) is 0 Å². The highest BCUT2D eigenvalue weighted by atomic mass is 27.0. The van der Waals surface area contributed by atoms with Gasteiger partial charge in [-0.2, -0.15) is 0 Å². The van der Waals surface area contributed by atoms with Crippen LogP contribution in [0.25, 0.3) is 0 Å². The van der Waals surface area contributed by atoms with Crippen molar-refractivity contribution in [2.75, 3.05) is 6.54 Å². The van der Waals surface area contributed by atoms with E-state index < -0.39 is 18.1 Å². The van der Waals surface area contributed by atoms with Crippen LogP contribution in [0.1, 0.15) is 32.3 Å². The van der Waals surface area contributed by atoms with Crippen molar-refractivity contribution in [3.63, 3.8) is 0 Å². The lowest BCUT2D eigenvalue weighted by atomic mass is 10.1. The minimum atomic E-state index is -0.715. The average Bonchev–Trinajstić information content (AvgIpc) is 3.11. The highest BCUT2D eigenvalue weighted by Gasteiger charge is 2.36. The van der Waals surface area contributed by atoms with Crippen LogP contribution in [0.4, 0.5) is 0 Å². The molecule has 1 aromatic carbocycles. The molecule has 0 unspecified atom stereocenters. The number of benzene rings is 1. The molecule has 9 nitrogen and oxygen atoms in total. The van der Waals surface area contributed by atoms with Crippen LogP contribution in [0.5, 0.6) is 0 Å². The Morgan fingerprint density at radius 2 is 1.79 bits per heavy atom. The molecular weight excluding hydrogens is 391 g/mol. The van der Waals surface area contributed by atoms with Gasteiger partial charge in [0.25, 0.3) is 0 Å². The molecule has 29 heavy (non-hydrogen) atoms. The van der Waals surface area contributed by atoms with Crippen LogP contribution in [0.15, 0.2) is 30.3 Å². The van der Waals surface area contributed by atoms with Gasteiger partial charge in [0, 0.05) is 6.54 Å². The zero-order chi connectivity index (χ0) is 20.0. The van der Waals surface area contributed by atoms with Crippen LogP contribution in [-0.2, 0) is 20.8 Å². The minimum Gasteiger partial charge on any atom is -0.412 e. The molecule has 1 heterocycles. The Hall–Kier alpha value is -1.96. The van der Waals surface area contributed by atoms with Crippen LogP contribution in [-0.4, -0.2) is 79.4 Å². The molecule has 10 heteroatoms. The molecule has 0 saturated carbocycles. The molecule has 8 N–H and O–H groups in total. The highest BCUT2D eigenvalue weighted by molar-refractivity contribution is 6.13. The first-order valence-electron chi connectivity index (χ1n) is 9.26. The molecule has 0 spiro atoms. The first-order valence-corrected chi connectivity index (χ1v) is 9.92. The van der Waals surface area contributed by atoms with E-state index in [9.17, 15) is 14.4 Å². The van der Waals surface area contributed by atoms with Crippen LogP contribution in [0.3, 0.4) is 0 Å². The third-order valence-corrected chi connectivity index (χ3v) is 5.01. The normalized spacial score (nSPS) is 18.4. The summed E-state index contributed by atoms with van der Waals surface area (Å²) in [4.78, 5) is 38.5. The number of carbonyl (C=O) groups excluding carboxylic acids is 3. The van der Waals surface area contributed by atoms with Crippen LogP contribution in [0, 0.1) is 0 Å². The Morgan fingerprint density at radius 1 is 1.17 bits per heavy atom. The molecule has 0 aliphatic carbocycles. The molecule has 0 bridgehead atoms. The SMILES string of the molecule is C[C@H](N)C(=O)N[C@@H](C)C(=O)N1CCC[C@H]1C(=O)N[C@H]([Al])Cc1ccccc1.O.O. The van der Waals surface area contributed by atoms with E-state index in [2.05, 4.69) is 26.9 Å². The molecule has 1 fully saturated rings. The van der Waals surface area contributed by atoms with Crippen molar-refractivity contribution in [1.29, 1.82) is 0 Å². The second-order valence-corrected chi connectivity index (χ2v) is 7.82. The van der Waals surface area contributed by atoms with Crippen LogP contribution in [0.2, 0.25) is 0 Å². The van der Waals surface area contributed by atoms with Crippen molar-refractivity contribution in [2.24, 2.45) is 5.73 Å². The number of nitrogens with two attached hydrogens (primary N) is 1. The summed E-state index contributed by atoms with van der Waals surface area (Å²) in [5, 5.41) is 5.57. The third kappa shape index (κ3) is 7.76. The summed E-state index contributed by atoms with van der Waals surface area (Å²) in [5.41, 5.74) is 6.66. The van der Waals surface area contributed by atoms with E-state index in [1.54, 1.807) is 18.7 Å². The van der Waals surface area contributed by atoms with Gasteiger partial charge < -0.3 is 32.2 Å². The summed E-state index contributed by atoms with van der Waals surface area (Å²) in [5.74, 6) is -0.809. The van der Waals surface area contributed by atoms with Crippen molar-refractivity contribution < 1.29 is 25.3 Å². The number of nitrogens with one attached hydrogen (secondary N) is 2. The lowest BCUT2D eigenvalue weighted by Crippen LogP contribution is -2.55. The highest BCUT2D eigenvalue weighted by Crippen LogP contribution is 2.19. The van der Waals surface area contributed by atoms with E-state index in [1.807, 2.05) is 30.3 Å². The number of nitrogens with zero attached hydrogens (tertiary/aromatic N) is 1. The van der Waals surface area contributed by atoms with Crippen LogP contribution >= 0.6 is 0 Å². The van der Waals surface area contributed by atoms with Gasteiger partial charge in [-0.25, -0.2) is 0 Å². The predicted octanol–water partition coefficient (Wildman–Crippen LogP) is -1.97. The van der Waals surface area contributed by atoms with Crippen LogP contribution < -0.4 is 16.4 Å². The Morgan fingerprint density at radius 3 is 2.38 bits per heavy atom. The van der Waals surface area contributed by atoms with Gasteiger partial charge in [-0.3, -0.25) is 14.4 Å². The maximum atomic E-state index is 12.7. The standard InChI is InChI=1S/C19H27N4O3.Al.2H2O/c1-13(20)17(24)22-14(2)19(26)23-12-6-9-16(23)18(25)21-11-10-15-7-4-3-5-8-15;;;/h3-5,7-8,11,13-14,16H,6,9-10,12,20H2,1-2H3,(H,21,25)(H,22,24);;2*1H2/t13-,14-,16-;;;/m0.../s1. The maximum absolute atomic E-state index is 12.7. The van der Waals surface area contributed by atoms with Gasteiger partial charge in [-0.05, 0) is 43.6 Å². The Balaban J connectivity index is 0.00000392. The van der Waals surface area contributed by atoms with E-state index in [0.29, 0.717) is 19.4 Å². The number of carbonyl (C=O) groups is 3. The fraction of sp³-hybridized carbons (Fsp3) is 0.526. The zero-order valence-electron chi connectivity index (χ0n) is 16.9. The molecule has 0 aromatic heterocycles. The molecule has 3 amide bonds. The average molecular weight is 422 g/mol. The smallest absolute Gasteiger partial charge is 0.245 e. The van der Waals surface area contributed by atoms with Gasteiger partial charge in [0.1, 0.15) is 12.1 Å². The van der Waals surface area contributed by atoms with Crippen molar-refractivity contribution >= 4 is 34.0 Å². The van der Waals surface area contributed by atoms with Crippen molar-refractivity contribution in [1.82, 2.24) is 15.5 Å². The second kappa shape index (κ2) is 12.6. The minimum absolute atomic E-state index is 0. The fourth-order valence-electron chi connectivity index (χ4n) is 3.16. The number of hydrogen-bond donors (Lipinski definition) is 3. The Labute approximate surface area is 179 Å². The molecule has 4 atom stereocenters. The molecule has 2 rings (SSSR count). The molecule has 1 saturated heterocycles. The number of rotatable bonds is 7. The Kier molecular flexibility index (Phi) is 11.7. The second-order valence-electron chi connectivity index (χ2n) is 7.01. The van der Waals surface area contributed by atoms with E-state index in [0.717, 1.165) is 12.0 Å². The lowest BCUT2D eigenvalue weighted by Gasteiger charge is -2.28. The lowest BCUT2D eigenvalue weighted by molar-refractivity contribution is -0.141. The van der Waals surface area contributed by atoms with Gasteiger partial charge in [0.2, 0.25) is 17.7 Å². The molecule has 1 aromatic rings. The summed E-state index contributed by atoms with van der Waals surface area (Å²) in [7, 11) is 0. The Bertz CT molecular complexity index is 674. The van der Waals surface area contributed by atoms with E-state index in [4.69, 9.17) is 5.73 Å². The summed E-state index contributed by atoms with van der Waals surface area (Å²) in [6.45, 7) is 3.68. The van der Waals surface area contributed by atoms with Gasteiger partial charge >= 0.3 is 0 Å². The summed E-state index contributed by atoms with van der Waals surface area (Å²) >= 11 is 2.64. The molecule has 1 aliphatic heterocycles. The van der Waals surface area contributed by atoms with Crippen molar-refractivity contribution in [3.05, 3.63) is 35.9 Å². The number of hydrogen-bond acceptors (Lipinski definition) is 4. The van der Waals surface area contributed by atoms with Crippen molar-refractivity contribution in [3.8, 4) is 0 Å². The maximum Gasteiger partial charge on any atom is 0.245 e. The quantitative estimate of drug-likeness (QED) is 0.434. The monoisotopic (exact) mass is 422 g/mol. The largest absolute Gasteiger partial charge is 0.412 e. The van der Waals surface area contributed by atoms with Gasteiger partial charge in [-0.1, -0.05) is 30.3 Å². The molecule has 2 radical (unpaired) electrons. The molecule has 160 valence electrons. The molecular formula is C19H31AlN4O5. The van der Waals surface area contributed by atoms with Crippen molar-refractivity contribution in [2.45, 2.75) is 56.1 Å². The topological polar surface area (TPSA) is 168 Å². The van der Waals surface area contributed by atoms with E-state index in [1.165, 1.54) is 0 Å². The molecule has 1 aliphatic rings. The number of likely N-dealkylation sites (tertiary alicyclic amines) is 1. The van der Waals surface area contributed by atoms with Gasteiger partial charge in [0.05, 0.1) is 6.04 Å². The predicted molar refractivity (Wildman–Crippen MR) is 111 cm³/mol. The van der Waals surface area contributed by atoms with E-state index in [-0.39, 0.29) is 33.6 Å². The summed E-state index contributed by atoms with van der Waals surface area (Å²) < 4.78 is 0. The van der Waals surface area contributed by atoms with E-state index >= 15 is 0 Å². The number of amides is 3. The fourth-order valence-corrected chi connectivity index (χ4v) is 3.59. The zero-order valence-corrected chi connectivity index (χ0v) is 18.0. The first kappa shape index (κ1) is 27.0.